The number of nitrogens with one attached hydrogen (secondary N) is 3. The molecule has 0 unspecified atom stereocenters. The van der Waals surface area contributed by atoms with E-state index in [-0.39, 0.29) is 0 Å². The number of H-pyrrole nitrogens is 1. The number of rotatable bonds is 6. The van der Waals surface area contributed by atoms with Gasteiger partial charge in [-0.15, -0.1) is 0 Å². The molecule has 0 fully saturated rings. The van der Waals surface area contributed by atoms with Crippen LogP contribution in [0.2, 0.25) is 0 Å². The zero-order valence-electron chi connectivity index (χ0n) is 13.9. The highest BCUT2D eigenvalue weighted by Gasteiger charge is 2.03. The first-order chi connectivity index (χ1) is 12.4. The van der Waals surface area contributed by atoms with Gasteiger partial charge in [0, 0.05) is 41.2 Å². The molecule has 0 spiro atoms. The number of hydrogen-bond acceptors (Lipinski definition) is 3. The topological polar surface area (TPSA) is 52.7 Å². The zero-order chi connectivity index (χ0) is 16.9. The molecule has 0 bridgehead atoms. The van der Waals surface area contributed by atoms with Crippen LogP contribution in [0, 0.1) is 0 Å². The third kappa shape index (κ3) is 3.63. The number of fused-ring (bicyclic) bond motifs is 1. The van der Waals surface area contributed by atoms with E-state index in [1.165, 1.54) is 16.5 Å². The molecule has 0 amide bonds. The summed E-state index contributed by atoms with van der Waals surface area (Å²) in [6.45, 7) is 0.887. The van der Waals surface area contributed by atoms with E-state index in [0.29, 0.717) is 0 Å². The Morgan fingerprint density at radius 2 is 1.76 bits per heavy atom. The van der Waals surface area contributed by atoms with E-state index in [0.717, 1.165) is 30.0 Å². The number of hydrogen-bond donors (Lipinski definition) is 3. The molecule has 0 atom stereocenters. The summed E-state index contributed by atoms with van der Waals surface area (Å²) < 4.78 is 0. The number of pyridine rings is 1. The summed E-state index contributed by atoms with van der Waals surface area (Å²) in [6.07, 6.45) is 6.67. The molecule has 0 aliphatic carbocycles. The van der Waals surface area contributed by atoms with E-state index < -0.39 is 0 Å². The Balaban J connectivity index is 1.39. The molecule has 0 saturated heterocycles. The average Bonchev–Trinajstić information content (AvgIpc) is 3.06. The number of anilines is 3. The maximum Gasteiger partial charge on any atom is 0.0570 e. The van der Waals surface area contributed by atoms with Crippen molar-refractivity contribution < 1.29 is 0 Å². The Labute approximate surface area is 146 Å². The minimum absolute atomic E-state index is 0.887. The van der Waals surface area contributed by atoms with Crippen molar-refractivity contribution in [3.63, 3.8) is 0 Å². The summed E-state index contributed by atoms with van der Waals surface area (Å²) >= 11 is 0. The molecule has 3 N–H and O–H groups in total. The van der Waals surface area contributed by atoms with Crippen LogP contribution in [0.3, 0.4) is 0 Å². The van der Waals surface area contributed by atoms with Crippen molar-refractivity contribution in [1.29, 1.82) is 0 Å². The fourth-order valence-corrected chi connectivity index (χ4v) is 2.99. The van der Waals surface area contributed by atoms with Gasteiger partial charge in [-0.1, -0.05) is 24.3 Å². The standard InChI is InChI=1S/C21H20N4/c1-2-9-21-20(8-1)16(14-24-21)10-12-23-17-5-3-6-18(13-17)25-19-7-4-11-22-15-19/h1-9,11,13-15,23-25H,10,12H2. The summed E-state index contributed by atoms with van der Waals surface area (Å²) in [5.41, 5.74) is 5.67. The summed E-state index contributed by atoms with van der Waals surface area (Å²) in [5.74, 6) is 0. The van der Waals surface area contributed by atoms with Gasteiger partial charge in [-0.2, -0.15) is 0 Å². The second-order valence-corrected chi connectivity index (χ2v) is 5.98. The first kappa shape index (κ1) is 15.3. The molecule has 2 heterocycles. The lowest BCUT2D eigenvalue weighted by atomic mass is 10.1. The van der Waals surface area contributed by atoms with E-state index in [9.17, 15) is 0 Å². The van der Waals surface area contributed by atoms with Crippen LogP contribution in [-0.2, 0) is 6.42 Å². The van der Waals surface area contributed by atoms with Gasteiger partial charge in [0.15, 0.2) is 0 Å². The predicted molar refractivity (Wildman–Crippen MR) is 104 cm³/mol. The molecule has 2 aromatic carbocycles. The monoisotopic (exact) mass is 328 g/mol. The van der Waals surface area contributed by atoms with Gasteiger partial charge in [-0.25, -0.2) is 0 Å². The van der Waals surface area contributed by atoms with Crippen molar-refractivity contribution in [2.24, 2.45) is 0 Å². The average molecular weight is 328 g/mol. The molecule has 0 aliphatic rings. The normalized spacial score (nSPS) is 10.7. The highest BCUT2D eigenvalue weighted by Crippen LogP contribution is 2.21. The third-order valence-electron chi connectivity index (χ3n) is 4.21. The smallest absolute Gasteiger partial charge is 0.0570 e. The van der Waals surface area contributed by atoms with Crippen LogP contribution in [0.15, 0.2) is 79.3 Å². The third-order valence-corrected chi connectivity index (χ3v) is 4.21. The van der Waals surface area contributed by atoms with Crippen molar-refractivity contribution in [2.45, 2.75) is 6.42 Å². The molecule has 2 aromatic heterocycles. The van der Waals surface area contributed by atoms with Gasteiger partial charge in [0.2, 0.25) is 0 Å². The van der Waals surface area contributed by atoms with Gasteiger partial charge in [0.05, 0.1) is 11.9 Å². The van der Waals surface area contributed by atoms with Crippen molar-refractivity contribution in [3.8, 4) is 0 Å². The number of benzene rings is 2. The molecule has 4 heteroatoms. The quantitative estimate of drug-likeness (QED) is 0.469. The summed E-state index contributed by atoms with van der Waals surface area (Å²) in [6, 6.07) is 20.6. The van der Waals surface area contributed by atoms with E-state index >= 15 is 0 Å². The minimum atomic E-state index is 0.887. The molecule has 25 heavy (non-hydrogen) atoms. The van der Waals surface area contributed by atoms with Gasteiger partial charge in [0.25, 0.3) is 0 Å². The molecule has 4 aromatic rings. The van der Waals surface area contributed by atoms with Crippen LogP contribution in [0.4, 0.5) is 17.1 Å². The van der Waals surface area contributed by atoms with E-state index in [1.54, 1.807) is 6.20 Å². The van der Waals surface area contributed by atoms with E-state index in [4.69, 9.17) is 0 Å². The van der Waals surface area contributed by atoms with Gasteiger partial charge in [-0.3, -0.25) is 4.98 Å². The highest BCUT2D eigenvalue weighted by molar-refractivity contribution is 5.83. The maximum atomic E-state index is 4.13. The number of aromatic amines is 1. The fourth-order valence-electron chi connectivity index (χ4n) is 2.99. The Hall–Kier alpha value is -3.27. The van der Waals surface area contributed by atoms with Crippen LogP contribution in [0.5, 0.6) is 0 Å². The van der Waals surface area contributed by atoms with Crippen molar-refractivity contribution in [3.05, 3.63) is 84.8 Å². The van der Waals surface area contributed by atoms with Crippen LogP contribution in [0.25, 0.3) is 10.9 Å². The van der Waals surface area contributed by atoms with Crippen LogP contribution >= 0.6 is 0 Å². The summed E-state index contributed by atoms with van der Waals surface area (Å²) in [5, 5.41) is 8.17. The van der Waals surface area contributed by atoms with Crippen molar-refractivity contribution >= 4 is 28.0 Å². The lowest BCUT2D eigenvalue weighted by molar-refractivity contribution is 1.03. The molecule has 4 rings (SSSR count). The molecular weight excluding hydrogens is 308 g/mol. The van der Waals surface area contributed by atoms with Gasteiger partial charge >= 0.3 is 0 Å². The van der Waals surface area contributed by atoms with E-state index in [1.807, 2.05) is 24.4 Å². The molecule has 0 radical (unpaired) electrons. The minimum Gasteiger partial charge on any atom is -0.385 e. The summed E-state index contributed by atoms with van der Waals surface area (Å²) in [7, 11) is 0. The van der Waals surface area contributed by atoms with Gasteiger partial charge in [-0.05, 0) is 48.4 Å². The highest BCUT2D eigenvalue weighted by atomic mass is 14.9. The second kappa shape index (κ2) is 7.09. The largest absolute Gasteiger partial charge is 0.385 e. The first-order valence-electron chi connectivity index (χ1n) is 8.44. The lowest BCUT2D eigenvalue weighted by Crippen LogP contribution is -2.04. The Bertz CT molecular complexity index is 960. The van der Waals surface area contributed by atoms with Gasteiger partial charge in [0.1, 0.15) is 0 Å². The molecule has 4 nitrogen and oxygen atoms in total. The Morgan fingerprint density at radius 3 is 2.68 bits per heavy atom. The fraction of sp³-hybridized carbons (Fsp3) is 0.0952. The number of nitrogens with zero attached hydrogens (tertiary/aromatic N) is 1. The van der Waals surface area contributed by atoms with Crippen LogP contribution in [0.1, 0.15) is 5.56 Å². The Kier molecular flexibility index (Phi) is 4.33. The molecule has 0 aliphatic heterocycles. The Morgan fingerprint density at radius 1 is 0.880 bits per heavy atom. The predicted octanol–water partition coefficient (Wildman–Crippen LogP) is 4.96. The van der Waals surface area contributed by atoms with Crippen molar-refractivity contribution in [2.75, 3.05) is 17.2 Å². The lowest BCUT2D eigenvalue weighted by Gasteiger charge is -2.10. The summed E-state index contributed by atoms with van der Waals surface area (Å²) in [4.78, 5) is 7.45. The number of para-hydroxylation sites is 1. The van der Waals surface area contributed by atoms with E-state index in [2.05, 4.69) is 69.3 Å². The number of aromatic nitrogens is 2. The zero-order valence-corrected chi connectivity index (χ0v) is 13.9. The molecule has 124 valence electrons. The molecule has 0 saturated carbocycles. The second-order valence-electron chi connectivity index (χ2n) is 5.98. The van der Waals surface area contributed by atoms with Gasteiger partial charge < -0.3 is 15.6 Å². The maximum absolute atomic E-state index is 4.13. The van der Waals surface area contributed by atoms with Crippen LogP contribution < -0.4 is 10.6 Å². The first-order valence-corrected chi connectivity index (χ1v) is 8.44. The van der Waals surface area contributed by atoms with Crippen molar-refractivity contribution in [1.82, 2.24) is 9.97 Å². The van der Waals surface area contributed by atoms with Crippen LogP contribution in [-0.4, -0.2) is 16.5 Å². The molecular formula is C21H20N4. The SMILES string of the molecule is c1cncc(Nc2cccc(NCCc3c[nH]c4ccccc34)c2)c1.